The number of aromatic nitrogens is 2. The highest BCUT2D eigenvalue weighted by Gasteiger charge is 2.45. The maximum Gasteiger partial charge on any atom is 0.343 e. The first-order chi connectivity index (χ1) is 28.5. The second kappa shape index (κ2) is 18.2. The van der Waals surface area contributed by atoms with Crippen LogP contribution in [0.2, 0.25) is 0 Å². The average molecular weight is 824 g/mol. The van der Waals surface area contributed by atoms with Crippen LogP contribution < -0.4 is 37.3 Å². The van der Waals surface area contributed by atoms with E-state index in [0.29, 0.717) is 54.3 Å². The van der Waals surface area contributed by atoms with Gasteiger partial charge < -0.3 is 51.0 Å². The van der Waals surface area contributed by atoms with Gasteiger partial charge >= 0.3 is 5.97 Å². The number of nitrogens with zero attached hydrogens (tertiary/aromatic N) is 3. The fourth-order valence-corrected chi connectivity index (χ4v) is 7.77. The molecule has 2 aromatic heterocycles. The molecule has 0 aliphatic carbocycles. The molecule has 60 heavy (non-hydrogen) atoms. The van der Waals surface area contributed by atoms with Gasteiger partial charge in [-0.15, -0.1) is 0 Å². The van der Waals surface area contributed by atoms with E-state index in [2.05, 4.69) is 21.3 Å². The minimum absolute atomic E-state index is 0.00274. The number of carbonyl (C=O) groups excluding carboxylic acids is 3. The van der Waals surface area contributed by atoms with E-state index in [-0.39, 0.29) is 72.6 Å². The largest absolute Gasteiger partial charge is 0.489 e. The Morgan fingerprint density at radius 2 is 1.82 bits per heavy atom. The number of fused-ring (bicyclic) bond motifs is 5. The predicted molar refractivity (Wildman–Crippen MR) is 229 cm³/mol. The number of rotatable bonds is 17. The quantitative estimate of drug-likeness (QED) is 0.0310. The molecule has 3 atom stereocenters. The number of pyridine rings is 2. The normalized spacial score (nSPS) is 16.6. The van der Waals surface area contributed by atoms with Gasteiger partial charge in [0, 0.05) is 46.9 Å². The highest BCUT2D eigenvalue weighted by atomic mass is 16.6. The summed E-state index contributed by atoms with van der Waals surface area (Å²) in [5.74, 6) is -0.857. The number of guanidine groups is 1. The summed E-state index contributed by atoms with van der Waals surface area (Å²) >= 11 is 0. The molecule has 16 heteroatoms. The Hall–Kier alpha value is -5.84. The van der Waals surface area contributed by atoms with Crippen molar-refractivity contribution in [2.75, 3.05) is 26.0 Å². The third kappa shape index (κ3) is 9.30. The van der Waals surface area contributed by atoms with Crippen molar-refractivity contribution in [1.82, 2.24) is 30.4 Å². The van der Waals surface area contributed by atoms with Crippen LogP contribution in [0.25, 0.3) is 22.3 Å². The van der Waals surface area contributed by atoms with Crippen molar-refractivity contribution in [2.45, 2.75) is 104 Å². The lowest BCUT2D eigenvalue weighted by atomic mass is 9.86. The van der Waals surface area contributed by atoms with Gasteiger partial charge in [0.1, 0.15) is 25.0 Å². The molecule has 0 bridgehead atoms. The Morgan fingerprint density at radius 3 is 2.47 bits per heavy atom. The lowest BCUT2D eigenvalue weighted by Crippen LogP contribution is -2.54. The van der Waals surface area contributed by atoms with Gasteiger partial charge in [-0.05, 0) is 81.2 Å². The lowest BCUT2D eigenvalue weighted by Gasteiger charge is -2.31. The number of nitrogens with one attached hydrogen (secondary N) is 5. The topological polar surface area (TPSA) is 226 Å². The molecule has 0 saturated carbocycles. The second-order valence-corrected chi connectivity index (χ2v) is 16.5. The smallest absolute Gasteiger partial charge is 0.343 e. The number of hydrogen-bond acceptors (Lipinski definition) is 11. The van der Waals surface area contributed by atoms with Gasteiger partial charge in [-0.2, -0.15) is 0 Å². The van der Waals surface area contributed by atoms with Gasteiger partial charge in [-0.1, -0.05) is 46.8 Å². The number of cyclic esters (lactones) is 1. The summed E-state index contributed by atoms with van der Waals surface area (Å²) in [5.41, 5.74) is 8.83. The van der Waals surface area contributed by atoms with Gasteiger partial charge in [0.25, 0.3) is 5.56 Å². The Morgan fingerprint density at radius 1 is 1.08 bits per heavy atom. The van der Waals surface area contributed by atoms with E-state index in [1.807, 2.05) is 77.0 Å². The van der Waals surface area contributed by atoms with Crippen LogP contribution in [0.15, 0.2) is 53.3 Å². The molecule has 0 fully saturated rings. The first-order valence-corrected chi connectivity index (χ1v) is 20.4. The number of anilines is 1. The number of carbonyl (C=O) groups is 3. The average Bonchev–Trinajstić information content (AvgIpc) is 3.56. The predicted octanol–water partition coefficient (Wildman–Crippen LogP) is 3.43. The molecular weight excluding hydrogens is 767 g/mol. The van der Waals surface area contributed by atoms with Crippen molar-refractivity contribution in [2.24, 2.45) is 11.7 Å². The van der Waals surface area contributed by atoms with Gasteiger partial charge in [-0.25, -0.2) is 9.78 Å². The number of benzene rings is 2. The van der Waals surface area contributed by atoms with Gasteiger partial charge in [-0.3, -0.25) is 19.8 Å². The molecule has 2 amide bonds. The Balaban J connectivity index is 1.19. The molecule has 0 unspecified atom stereocenters. The van der Waals surface area contributed by atoms with Crippen LogP contribution in [-0.4, -0.2) is 82.1 Å². The van der Waals surface area contributed by atoms with Crippen molar-refractivity contribution in [3.8, 4) is 17.1 Å². The van der Waals surface area contributed by atoms with Gasteiger partial charge in [0.05, 0.1) is 35.1 Å². The summed E-state index contributed by atoms with van der Waals surface area (Å²) in [6, 6.07) is 13.6. The van der Waals surface area contributed by atoms with Crippen LogP contribution in [0.4, 0.5) is 5.69 Å². The minimum Gasteiger partial charge on any atom is -0.489 e. The van der Waals surface area contributed by atoms with Gasteiger partial charge in [0.15, 0.2) is 11.6 Å². The second-order valence-electron chi connectivity index (χ2n) is 16.5. The summed E-state index contributed by atoms with van der Waals surface area (Å²) < 4.78 is 13.3. The van der Waals surface area contributed by atoms with E-state index in [4.69, 9.17) is 25.6 Å². The Kier molecular flexibility index (Phi) is 13.3. The Labute approximate surface area is 349 Å². The fraction of sp³-hybridized carbons (Fsp3) is 0.455. The van der Waals surface area contributed by atoms with Crippen molar-refractivity contribution in [1.29, 1.82) is 5.41 Å². The SMILES string of the molecule is CC[C@@]1(O)C(=O)OCc2c1cc1n(c2=O)Cc2cc3c(CN(C)C)c(OCc4ccc(NC(=O)[C@H](CCCNC(=N)N)NC(=O)[C@@H](NC(C)C)C(C)C)cc4)ccc3nc2-1. The molecule has 2 aliphatic heterocycles. The molecule has 0 saturated heterocycles. The van der Waals surface area contributed by atoms with Crippen LogP contribution >= 0.6 is 0 Å². The fourth-order valence-electron chi connectivity index (χ4n) is 7.77. The van der Waals surface area contributed by atoms with E-state index in [1.54, 1.807) is 29.7 Å². The van der Waals surface area contributed by atoms with Crippen LogP contribution in [0.1, 0.15) is 81.7 Å². The van der Waals surface area contributed by atoms with E-state index >= 15 is 0 Å². The highest BCUT2D eigenvalue weighted by molar-refractivity contribution is 5.98. The molecule has 6 rings (SSSR count). The lowest BCUT2D eigenvalue weighted by molar-refractivity contribution is -0.172. The van der Waals surface area contributed by atoms with E-state index < -0.39 is 23.7 Å². The Bertz CT molecular complexity index is 2340. The molecule has 0 radical (unpaired) electrons. The third-order valence-corrected chi connectivity index (χ3v) is 10.9. The summed E-state index contributed by atoms with van der Waals surface area (Å²) in [5, 5.41) is 31.5. The van der Waals surface area contributed by atoms with Gasteiger partial charge in [0.2, 0.25) is 11.8 Å². The first-order valence-electron chi connectivity index (χ1n) is 20.4. The third-order valence-electron chi connectivity index (χ3n) is 10.9. The van der Waals surface area contributed by atoms with Crippen molar-refractivity contribution in [3.05, 3.63) is 86.7 Å². The van der Waals surface area contributed by atoms with E-state index in [0.717, 1.165) is 22.1 Å². The van der Waals surface area contributed by atoms with Crippen molar-refractivity contribution >= 4 is 40.3 Å². The first kappa shape index (κ1) is 43.7. The molecular formula is C44H57N9O7. The van der Waals surface area contributed by atoms with Crippen molar-refractivity contribution < 1.29 is 29.0 Å². The minimum atomic E-state index is -1.90. The number of hydrogen-bond donors (Lipinski definition) is 7. The highest BCUT2D eigenvalue weighted by Crippen LogP contribution is 2.40. The van der Waals surface area contributed by atoms with Crippen molar-refractivity contribution in [3.63, 3.8) is 0 Å². The zero-order valence-electron chi connectivity index (χ0n) is 35.4. The maximum atomic E-state index is 13.7. The number of aliphatic hydroxyl groups is 1. The number of nitrogens with two attached hydrogens (primary N) is 1. The molecule has 0 spiro atoms. The number of esters is 1. The van der Waals surface area contributed by atoms with E-state index in [9.17, 15) is 24.3 Å². The number of amides is 2. The molecule has 2 aliphatic rings. The maximum absolute atomic E-state index is 13.7. The molecule has 4 heterocycles. The number of ether oxygens (including phenoxy) is 2. The molecule has 8 N–H and O–H groups in total. The standard InChI is InChI=1S/C44H57N9O7/c1-8-44(58)32-19-35-38-27(20-53(35)41(56)31(32)23-60-42(44)57)18-29-30(21-52(6)7)36(16-15-33(29)50-38)59-22-26-11-13-28(14-12-26)49-39(54)34(10-9-17-47-43(45)46)51-40(55)37(24(2)3)48-25(4)5/h11-16,18-19,24-25,34,37,48,58H,8-10,17,20-23H2,1-7H3,(H,49,54)(H,51,55)(H4,45,46,47)/t34-,37-,44-/m0/s1. The van der Waals surface area contributed by atoms with Crippen LogP contribution in [-0.2, 0) is 51.0 Å². The molecule has 320 valence electrons. The summed E-state index contributed by atoms with van der Waals surface area (Å²) in [7, 11) is 3.94. The molecule has 2 aromatic carbocycles. The summed E-state index contributed by atoms with van der Waals surface area (Å²) in [4.78, 5) is 60.3. The van der Waals surface area contributed by atoms with Crippen LogP contribution in [0.3, 0.4) is 0 Å². The molecule has 16 nitrogen and oxygen atoms in total. The van der Waals surface area contributed by atoms with Crippen LogP contribution in [0.5, 0.6) is 5.75 Å². The van der Waals surface area contributed by atoms with E-state index in [1.165, 1.54) is 0 Å². The summed E-state index contributed by atoms with van der Waals surface area (Å²) in [6.07, 6.45) is 0.904. The van der Waals surface area contributed by atoms with Crippen LogP contribution in [0, 0.1) is 11.3 Å². The zero-order chi connectivity index (χ0) is 43.5. The monoisotopic (exact) mass is 823 g/mol. The summed E-state index contributed by atoms with van der Waals surface area (Å²) in [6.45, 7) is 10.8. The molecule has 4 aromatic rings. The zero-order valence-corrected chi connectivity index (χ0v) is 35.4.